The Labute approximate surface area is 84.1 Å². The summed E-state index contributed by atoms with van der Waals surface area (Å²) in [6.45, 7) is 2.11. The van der Waals surface area contributed by atoms with Gasteiger partial charge >= 0.3 is 0 Å². The zero-order chi connectivity index (χ0) is 10.5. The van der Waals surface area contributed by atoms with Gasteiger partial charge in [-0.05, 0) is 24.5 Å². The molecule has 0 saturated heterocycles. The van der Waals surface area contributed by atoms with Crippen LogP contribution < -0.4 is 0 Å². The number of nitrogens with zero attached hydrogens (tertiary/aromatic N) is 3. The van der Waals surface area contributed by atoms with Crippen molar-refractivity contribution in [3.63, 3.8) is 0 Å². The van der Waals surface area contributed by atoms with Crippen LogP contribution in [0.25, 0.3) is 0 Å². The second-order valence-corrected chi connectivity index (χ2v) is 2.49. The van der Waals surface area contributed by atoms with Crippen molar-refractivity contribution in [3.05, 3.63) is 41.5 Å². The fourth-order valence-corrected chi connectivity index (χ4v) is 0.771. The minimum Gasteiger partial charge on any atom is -0.136 e. The van der Waals surface area contributed by atoms with Gasteiger partial charge in [-0.25, -0.2) is 0 Å². The van der Waals surface area contributed by atoms with Crippen molar-refractivity contribution in [2.24, 2.45) is 15.6 Å². The van der Waals surface area contributed by atoms with Crippen LogP contribution in [0.15, 0.2) is 52.2 Å². The maximum Gasteiger partial charge on any atom is 0.100 e. The molecule has 0 aliphatic carbocycles. The summed E-state index contributed by atoms with van der Waals surface area (Å²) in [6, 6.07) is 0. The molecule has 0 rings (SSSR count). The lowest BCUT2D eigenvalue weighted by atomic mass is 10.3. The third-order valence-electron chi connectivity index (χ3n) is 1.37. The summed E-state index contributed by atoms with van der Waals surface area (Å²) in [5.74, 6) is 0. The fraction of sp³-hybridized carbons (Fsp3) is 0.400. The van der Waals surface area contributed by atoms with Gasteiger partial charge in [0.05, 0.1) is 0 Å². The molecule has 0 aromatic carbocycles. The highest BCUT2D eigenvalue weighted by atomic mass is 16.3. The van der Waals surface area contributed by atoms with Gasteiger partial charge in [-0.15, -0.1) is 10.0 Å². The van der Waals surface area contributed by atoms with E-state index in [0.29, 0.717) is 0 Å². The third kappa shape index (κ3) is 10.4. The summed E-state index contributed by atoms with van der Waals surface area (Å²) in [4.78, 5) is 9.47. The topological polar surface area (TPSA) is 54.1 Å². The Bertz CT molecular complexity index is 242. The number of hydrogen-bond donors (Lipinski definition) is 0. The van der Waals surface area contributed by atoms with Crippen LogP contribution in [-0.2, 0) is 0 Å². The Kier molecular flexibility index (Phi) is 10.1. The lowest BCUT2D eigenvalue weighted by Crippen LogP contribution is -1.61. The highest BCUT2D eigenvalue weighted by molar-refractivity contribution is 4.96. The van der Waals surface area contributed by atoms with Gasteiger partial charge in [0.2, 0.25) is 0 Å². The smallest absolute Gasteiger partial charge is 0.100 e. The minimum atomic E-state index is 0.790. The molecule has 76 valence electrons. The average Bonchev–Trinajstić information content (AvgIpc) is 2.21. The Hall–Kier alpha value is -1.58. The van der Waals surface area contributed by atoms with Gasteiger partial charge in [-0.3, -0.25) is 0 Å². The molecule has 0 unspecified atom stereocenters. The van der Waals surface area contributed by atoms with Crippen LogP contribution in [0.2, 0.25) is 0 Å². The first-order valence-electron chi connectivity index (χ1n) is 4.59. The van der Waals surface area contributed by atoms with Crippen molar-refractivity contribution in [1.82, 2.24) is 0 Å². The molecule has 0 atom stereocenters. The molecule has 0 aliphatic heterocycles. The molecule has 0 aliphatic rings. The zero-order valence-corrected chi connectivity index (χ0v) is 8.34. The quantitative estimate of drug-likeness (QED) is 0.261. The summed E-state index contributed by atoms with van der Waals surface area (Å²) < 4.78 is 0. The van der Waals surface area contributed by atoms with Crippen molar-refractivity contribution < 1.29 is 0 Å². The standard InChI is InChI=1S/C10H15N3O/c1-2-3-4-5-6-7-8-9-10-11-12-13-14/h3-4,6-7,9-10H,2,5,8H2,1H3/b4-3?,7-6?,10-9+,12-11?. The molecule has 0 amide bonds. The van der Waals surface area contributed by atoms with Crippen LogP contribution in [0, 0.1) is 4.91 Å². The van der Waals surface area contributed by atoms with E-state index in [4.69, 9.17) is 0 Å². The van der Waals surface area contributed by atoms with Crippen LogP contribution in [0.3, 0.4) is 0 Å². The summed E-state index contributed by atoms with van der Waals surface area (Å²) in [6.07, 6.45) is 14.4. The first-order chi connectivity index (χ1) is 6.91. The van der Waals surface area contributed by atoms with Crippen LogP contribution in [0.1, 0.15) is 26.2 Å². The van der Waals surface area contributed by atoms with Gasteiger partial charge in [-0.1, -0.05) is 37.3 Å². The third-order valence-corrected chi connectivity index (χ3v) is 1.37. The van der Waals surface area contributed by atoms with E-state index < -0.39 is 0 Å². The zero-order valence-electron chi connectivity index (χ0n) is 8.34. The van der Waals surface area contributed by atoms with E-state index in [1.807, 2.05) is 6.08 Å². The maximum absolute atomic E-state index is 9.47. The molecule has 0 N–H and O–H groups in total. The molecule has 0 radical (unpaired) electrons. The van der Waals surface area contributed by atoms with Crippen LogP contribution in [0.4, 0.5) is 0 Å². The van der Waals surface area contributed by atoms with Crippen LogP contribution >= 0.6 is 0 Å². The molecular weight excluding hydrogens is 178 g/mol. The van der Waals surface area contributed by atoms with Gasteiger partial charge in [-0.2, -0.15) is 0 Å². The molecule has 14 heavy (non-hydrogen) atoms. The lowest BCUT2D eigenvalue weighted by Gasteiger charge is -1.81. The first-order valence-corrected chi connectivity index (χ1v) is 4.59. The Morgan fingerprint density at radius 1 is 1.00 bits per heavy atom. The predicted molar refractivity (Wildman–Crippen MR) is 57.6 cm³/mol. The normalized spacial score (nSPS) is 12.6. The van der Waals surface area contributed by atoms with E-state index in [1.165, 1.54) is 6.20 Å². The first kappa shape index (κ1) is 12.4. The molecule has 0 spiro atoms. The van der Waals surface area contributed by atoms with E-state index in [-0.39, 0.29) is 0 Å². The van der Waals surface area contributed by atoms with E-state index in [2.05, 4.69) is 40.8 Å². The summed E-state index contributed by atoms with van der Waals surface area (Å²) in [7, 11) is 0. The molecule has 0 aromatic heterocycles. The van der Waals surface area contributed by atoms with Crippen molar-refractivity contribution in [2.45, 2.75) is 26.2 Å². The van der Waals surface area contributed by atoms with Gasteiger partial charge in [0.25, 0.3) is 0 Å². The summed E-state index contributed by atoms with van der Waals surface area (Å²) >= 11 is 0. The summed E-state index contributed by atoms with van der Waals surface area (Å²) in [5, 5.41) is 8.49. The number of hydrogen-bond acceptors (Lipinski definition) is 2. The van der Waals surface area contributed by atoms with Gasteiger partial charge < -0.3 is 0 Å². The molecule has 0 aromatic rings. The van der Waals surface area contributed by atoms with Crippen molar-refractivity contribution >= 4 is 0 Å². The average molecular weight is 193 g/mol. The molecule has 4 nitrogen and oxygen atoms in total. The minimum absolute atomic E-state index is 0.790. The van der Waals surface area contributed by atoms with E-state index in [9.17, 15) is 4.91 Å². The van der Waals surface area contributed by atoms with Gasteiger partial charge in [0.1, 0.15) is 5.29 Å². The van der Waals surface area contributed by atoms with Crippen LogP contribution in [-0.4, -0.2) is 0 Å². The Balaban J connectivity index is 3.43. The number of allylic oxidation sites excluding steroid dienone is 5. The van der Waals surface area contributed by atoms with E-state index >= 15 is 0 Å². The number of nitroso groups, excluding NO2 is 1. The number of rotatable bonds is 7. The fourth-order valence-electron chi connectivity index (χ4n) is 0.771. The largest absolute Gasteiger partial charge is 0.136 e. The molecule has 0 heterocycles. The Morgan fingerprint density at radius 3 is 2.29 bits per heavy atom. The molecule has 4 heteroatoms. The SMILES string of the molecule is CCC=CCC=CC/C=C/N=NN=O. The second-order valence-electron chi connectivity index (χ2n) is 2.49. The van der Waals surface area contributed by atoms with Gasteiger partial charge in [0, 0.05) is 6.20 Å². The van der Waals surface area contributed by atoms with Gasteiger partial charge in [0.15, 0.2) is 0 Å². The predicted octanol–water partition coefficient (Wildman–Crippen LogP) is 3.94. The summed E-state index contributed by atoms with van der Waals surface area (Å²) in [5.41, 5.74) is 0. The second kappa shape index (κ2) is 11.4. The maximum atomic E-state index is 9.47. The van der Waals surface area contributed by atoms with Crippen molar-refractivity contribution in [2.75, 3.05) is 0 Å². The monoisotopic (exact) mass is 193 g/mol. The van der Waals surface area contributed by atoms with Crippen molar-refractivity contribution in [1.29, 1.82) is 0 Å². The molecule has 0 fully saturated rings. The van der Waals surface area contributed by atoms with Crippen LogP contribution in [0.5, 0.6) is 0 Å². The lowest BCUT2D eigenvalue weighted by molar-refractivity contribution is 1.04. The van der Waals surface area contributed by atoms with E-state index in [1.54, 1.807) is 6.08 Å². The molecule has 0 saturated carbocycles. The molecule has 0 bridgehead atoms. The molecular formula is C10H15N3O. The Morgan fingerprint density at radius 2 is 1.64 bits per heavy atom. The van der Waals surface area contributed by atoms with Crippen molar-refractivity contribution in [3.8, 4) is 0 Å². The highest BCUT2D eigenvalue weighted by Crippen LogP contribution is 1.92. The van der Waals surface area contributed by atoms with E-state index in [0.717, 1.165) is 19.3 Å². The highest BCUT2D eigenvalue weighted by Gasteiger charge is 1.72.